The second-order valence-electron chi connectivity index (χ2n) is 5.05. The van der Waals surface area contributed by atoms with E-state index in [1.54, 1.807) is 0 Å². The van der Waals surface area contributed by atoms with Crippen molar-refractivity contribution in [1.82, 2.24) is 9.97 Å². The van der Waals surface area contributed by atoms with Gasteiger partial charge in [0.2, 0.25) is 5.88 Å². The highest BCUT2D eigenvalue weighted by Gasteiger charge is 2.19. The molecule has 3 N–H and O–H groups in total. The summed E-state index contributed by atoms with van der Waals surface area (Å²) < 4.78 is 5.48. The van der Waals surface area contributed by atoms with Gasteiger partial charge in [-0.05, 0) is 26.7 Å². The van der Waals surface area contributed by atoms with Crippen LogP contribution in [0.4, 0.5) is 11.5 Å². The zero-order valence-corrected chi connectivity index (χ0v) is 11.8. The van der Waals surface area contributed by atoms with Crippen LogP contribution in [0.1, 0.15) is 47.0 Å². The fourth-order valence-electron chi connectivity index (χ4n) is 1.80. The van der Waals surface area contributed by atoms with Crippen molar-refractivity contribution >= 4 is 11.5 Å². The van der Waals surface area contributed by atoms with Gasteiger partial charge in [-0.15, -0.1) is 0 Å². The second-order valence-corrected chi connectivity index (χ2v) is 5.05. The van der Waals surface area contributed by atoms with E-state index in [0.29, 0.717) is 24.0 Å². The van der Waals surface area contributed by atoms with Gasteiger partial charge in [0.1, 0.15) is 12.0 Å². The summed E-state index contributed by atoms with van der Waals surface area (Å²) in [6, 6.07) is 0. The van der Waals surface area contributed by atoms with E-state index < -0.39 is 0 Å². The minimum atomic E-state index is -0.0424. The largest absolute Gasteiger partial charge is 0.476 e. The summed E-state index contributed by atoms with van der Waals surface area (Å²) in [7, 11) is 0. The third-order valence-corrected chi connectivity index (χ3v) is 2.62. The van der Waals surface area contributed by atoms with E-state index in [9.17, 15) is 0 Å². The number of nitrogens with zero attached hydrogens (tertiary/aromatic N) is 2. The molecule has 0 spiro atoms. The van der Waals surface area contributed by atoms with Crippen molar-refractivity contribution < 1.29 is 4.74 Å². The number of nitrogens with two attached hydrogens (primary N) is 1. The lowest BCUT2D eigenvalue weighted by molar-refractivity contribution is 0.306. The molecule has 0 aliphatic carbocycles. The quantitative estimate of drug-likeness (QED) is 0.780. The first-order valence-electron chi connectivity index (χ1n) is 6.51. The third kappa shape index (κ3) is 4.05. The highest BCUT2D eigenvalue weighted by molar-refractivity contribution is 5.67. The summed E-state index contributed by atoms with van der Waals surface area (Å²) in [5.74, 6) is 1.11. The predicted octanol–water partition coefficient (Wildman–Crippen LogP) is 2.84. The first-order chi connectivity index (χ1) is 8.50. The number of hydrogen-bond acceptors (Lipinski definition) is 5. The summed E-state index contributed by atoms with van der Waals surface area (Å²) in [5.41, 5.74) is 6.45. The van der Waals surface area contributed by atoms with Gasteiger partial charge in [-0.25, -0.2) is 4.98 Å². The Hall–Kier alpha value is -1.52. The molecule has 1 rings (SSSR count). The van der Waals surface area contributed by atoms with E-state index in [1.807, 2.05) is 6.92 Å². The van der Waals surface area contributed by atoms with Crippen molar-refractivity contribution in [3.63, 3.8) is 0 Å². The van der Waals surface area contributed by atoms with Crippen molar-refractivity contribution in [2.24, 2.45) is 0 Å². The summed E-state index contributed by atoms with van der Waals surface area (Å²) in [6.07, 6.45) is 4.55. The van der Waals surface area contributed by atoms with Gasteiger partial charge < -0.3 is 15.8 Å². The Kier molecular flexibility index (Phi) is 5.19. The second kappa shape index (κ2) is 6.42. The number of nitrogen functional groups attached to an aromatic ring is 1. The smallest absolute Gasteiger partial charge is 0.242 e. The van der Waals surface area contributed by atoms with E-state index in [4.69, 9.17) is 10.5 Å². The number of rotatable bonds is 7. The van der Waals surface area contributed by atoms with Crippen LogP contribution in [-0.4, -0.2) is 22.1 Å². The fourth-order valence-corrected chi connectivity index (χ4v) is 1.80. The molecule has 1 heterocycles. The van der Waals surface area contributed by atoms with E-state index in [1.165, 1.54) is 6.33 Å². The first kappa shape index (κ1) is 14.5. The Morgan fingerprint density at radius 1 is 1.28 bits per heavy atom. The van der Waals surface area contributed by atoms with Gasteiger partial charge in [0.15, 0.2) is 5.82 Å². The lowest BCUT2D eigenvalue weighted by atomic mass is 9.99. The molecule has 1 aromatic heterocycles. The topological polar surface area (TPSA) is 73.1 Å². The monoisotopic (exact) mass is 252 g/mol. The highest BCUT2D eigenvalue weighted by atomic mass is 16.5. The van der Waals surface area contributed by atoms with Gasteiger partial charge in [0.25, 0.3) is 0 Å². The molecule has 102 valence electrons. The van der Waals surface area contributed by atoms with Crippen LogP contribution in [0.25, 0.3) is 0 Å². The molecule has 0 aromatic carbocycles. The van der Waals surface area contributed by atoms with Crippen LogP contribution in [0.3, 0.4) is 0 Å². The molecule has 0 radical (unpaired) electrons. The summed E-state index contributed by atoms with van der Waals surface area (Å²) in [5, 5.41) is 3.35. The highest BCUT2D eigenvalue weighted by Crippen LogP contribution is 2.28. The standard InChI is InChI=1S/C13H24N4O/c1-5-7-13(3,4)17-11-10(14)12(16-9-15-11)18-8-6-2/h9H,5-8,14H2,1-4H3,(H,15,16,17). The Labute approximate surface area is 109 Å². The average Bonchev–Trinajstić information content (AvgIpc) is 2.30. The molecule has 0 saturated carbocycles. The third-order valence-electron chi connectivity index (χ3n) is 2.62. The molecule has 5 nitrogen and oxygen atoms in total. The molecule has 18 heavy (non-hydrogen) atoms. The molecule has 0 bridgehead atoms. The average molecular weight is 252 g/mol. The number of aromatic nitrogens is 2. The fraction of sp³-hybridized carbons (Fsp3) is 0.692. The van der Waals surface area contributed by atoms with Crippen molar-refractivity contribution in [3.8, 4) is 5.88 Å². The summed E-state index contributed by atoms with van der Waals surface area (Å²) in [4.78, 5) is 8.24. The summed E-state index contributed by atoms with van der Waals surface area (Å²) in [6.45, 7) is 9.07. The number of anilines is 2. The van der Waals surface area contributed by atoms with E-state index in [-0.39, 0.29) is 5.54 Å². The molecule has 0 aliphatic heterocycles. The van der Waals surface area contributed by atoms with Gasteiger partial charge in [0, 0.05) is 5.54 Å². The van der Waals surface area contributed by atoms with Crippen LogP contribution in [0.5, 0.6) is 5.88 Å². The molecular formula is C13H24N4O. The number of nitrogens with one attached hydrogen (secondary N) is 1. The van der Waals surface area contributed by atoms with Crippen LogP contribution < -0.4 is 15.8 Å². The van der Waals surface area contributed by atoms with Crippen molar-refractivity contribution in [2.45, 2.75) is 52.5 Å². The normalized spacial score (nSPS) is 11.3. The van der Waals surface area contributed by atoms with Crippen molar-refractivity contribution in [1.29, 1.82) is 0 Å². The minimum Gasteiger partial charge on any atom is -0.476 e. The Morgan fingerprint density at radius 2 is 2.00 bits per heavy atom. The van der Waals surface area contributed by atoms with Crippen LogP contribution in [0.2, 0.25) is 0 Å². The zero-order chi connectivity index (χ0) is 13.6. The first-order valence-corrected chi connectivity index (χ1v) is 6.51. The Bertz CT molecular complexity index is 379. The van der Waals surface area contributed by atoms with Crippen molar-refractivity contribution in [3.05, 3.63) is 6.33 Å². The number of ether oxygens (including phenoxy) is 1. The maximum Gasteiger partial charge on any atom is 0.242 e. The molecule has 5 heteroatoms. The maximum atomic E-state index is 6.01. The van der Waals surface area contributed by atoms with E-state index >= 15 is 0 Å². The van der Waals surface area contributed by atoms with Gasteiger partial charge >= 0.3 is 0 Å². The van der Waals surface area contributed by atoms with Gasteiger partial charge in [-0.3, -0.25) is 0 Å². The summed E-state index contributed by atoms with van der Waals surface area (Å²) >= 11 is 0. The van der Waals surface area contributed by atoms with Crippen LogP contribution >= 0.6 is 0 Å². The minimum absolute atomic E-state index is 0.0424. The van der Waals surface area contributed by atoms with Crippen LogP contribution in [-0.2, 0) is 0 Å². The van der Waals surface area contributed by atoms with Crippen LogP contribution in [0, 0.1) is 0 Å². The van der Waals surface area contributed by atoms with Gasteiger partial charge in [0.05, 0.1) is 6.61 Å². The molecule has 0 aliphatic rings. The van der Waals surface area contributed by atoms with E-state index in [0.717, 1.165) is 19.3 Å². The lowest BCUT2D eigenvalue weighted by Gasteiger charge is -2.27. The van der Waals surface area contributed by atoms with Crippen LogP contribution in [0.15, 0.2) is 6.33 Å². The SMILES string of the molecule is CCCOc1ncnc(NC(C)(C)CCC)c1N. The van der Waals surface area contributed by atoms with Gasteiger partial charge in [-0.2, -0.15) is 4.98 Å². The Morgan fingerprint density at radius 3 is 2.61 bits per heavy atom. The van der Waals surface area contributed by atoms with E-state index in [2.05, 4.69) is 36.1 Å². The zero-order valence-electron chi connectivity index (χ0n) is 11.8. The molecular weight excluding hydrogens is 228 g/mol. The predicted molar refractivity (Wildman–Crippen MR) is 74.8 cm³/mol. The molecule has 0 fully saturated rings. The number of hydrogen-bond donors (Lipinski definition) is 2. The molecule has 0 unspecified atom stereocenters. The molecule has 0 amide bonds. The molecule has 1 aromatic rings. The molecule has 0 atom stereocenters. The molecule has 0 saturated heterocycles. The maximum absolute atomic E-state index is 6.01. The van der Waals surface area contributed by atoms with Gasteiger partial charge in [-0.1, -0.05) is 20.3 Å². The Balaban J connectivity index is 2.83. The van der Waals surface area contributed by atoms with Crippen molar-refractivity contribution in [2.75, 3.05) is 17.7 Å². The lowest BCUT2D eigenvalue weighted by Crippen LogP contribution is -2.31.